The van der Waals surface area contributed by atoms with E-state index in [1.165, 1.54) is 19.3 Å². The van der Waals surface area contributed by atoms with Gasteiger partial charge in [-0.2, -0.15) is 0 Å². The van der Waals surface area contributed by atoms with Gasteiger partial charge in [-0.05, 0) is 59.8 Å². The van der Waals surface area contributed by atoms with Crippen LogP contribution in [0.15, 0.2) is 12.2 Å². The molecule has 5 atom stereocenters. The van der Waals surface area contributed by atoms with Crippen LogP contribution in [0.1, 0.15) is 46.5 Å². The first kappa shape index (κ1) is 10.8. The minimum Gasteiger partial charge on any atom is -0.389 e. The van der Waals surface area contributed by atoms with Crippen molar-refractivity contribution in [1.82, 2.24) is 0 Å². The molecule has 0 heterocycles. The van der Waals surface area contributed by atoms with Crippen molar-refractivity contribution in [3.63, 3.8) is 0 Å². The Morgan fingerprint density at radius 2 is 1.94 bits per heavy atom. The third-order valence-electron chi connectivity index (χ3n) is 6.39. The SMILES string of the molecule is C=C1C(O)C[C@@]23C[C@@H]1C(C)(C)[C@@H]2CC[C@H]3C. The highest BCUT2D eigenvalue weighted by molar-refractivity contribution is 5.26. The summed E-state index contributed by atoms with van der Waals surface area (Å²) in [5, 5.41) is 10.3. The number of aliphatic hydroxyl groups is 1. The Bertz CT molecular complexity index is 343. The van der Waals surface area contributed by atoms with Gasteiger partial charge < -0.3 is 5.11 Å². The minimum absolute atomic E-state index is 0.233. The molecule has 3 rings (SSSR count). The molecule has 0 aromatic carbocycles. The van der Waals surface area contributed by atoms with Crippen LogP contribution in [-0.4, -0.2) is 11.2 Å². The highest BCUT2D eigenvalue weighted by Gasteiger charge is 2.65. The summed E-state index contributed by atoms with van der Waals surface area (Å²) in [4.78, 5) is 0. The van der Waals surface area contributed by atoms with Crippen molar-refractivity contribution >= 4 is 0 Å². The first-order valence-electron chi connectivity index (χ1n) is 6.76. The molecule has 3 aliphatic rings. The van der Waals surface area contributed by atoms with E-state index in [-0.39, 0.29) is 6.10 Å². The van der Waals surface area contributed by atoms with Crippen LogP contribution in [0.2, 0.25) is 0 Å². The zero-order valence-corrected chi connectivity index (χ0v) is 10.8. The number of aliphatic hydroxyl groups excluding tert-OH is 1. The smallest absolute Gasteiger partial charge is 0.0755 e. The lowest BCUT2D eigenvalue weighted by Crippen LogP contribution is -2.36. The van der Waals surface area contributed by atoms with Crippen LogP contribution < -0.4 is 0 Å². The van der Waals surface area contributed by atoms with Crippen molar-refractivity contribution in [2.45, 2.75) is 52.6 Å². The Kier molecular flexibility index (Phi) is 1.98. The zero-order chi connectivity index (χ0) is 11.7. The molecule has 1 N–H and O–H groups in total. The summed E-state index contributed by atoms with van der Waals surface area (Å²) >= 11 is 0. The predicted octanol–water partition coefficient (Wildman–Crippen LogP) is 3.39. The molecular formula is C15H24O. The average molecular weight is 220 g/mol. The van der Waals surface area contributed by atoms with E-state index in [0.29, 0.717) is 16.7 Å². The molecule has 0 radical (unpaired) electrons. The fourth-order valence-electron chi connectivity index (χ4n) is 5.44. The topological polar surface area (TPSA) is 20.2 Å². The second-order valence-electron chi connectivity index (χ2n) is 7.14. The minimum atomic E-state index is -0.233. The molecule has 1 heteroatoms. The lowest BCUT2D eigenvalue weighted by atomic mass is 9.66. The van der Waals surface area contributed by atoms with Gasteiger partial charge in [0, 0.05) is 0 Å². The van der Waals surface area contributed by atoms with E-state index in [9.17, 15) is 5.11 Å². The Morgan fingerprint density at radius 1 is 1.25 bits per heavy atom. The molecule has 0 saturated heterocycles. The molecule has 1 spiro atoms. The maximum Gasteiger partial charge on any atom is 0.0755 e. The van der Waals surface area contributed by atoms with E-state index in [4.69, 9.17) is 0 Å². The first-order chi connectivity index (χ1) is 7.39. The highest BCUT2D eigenvalue weighted by Crippen LogP contribution is 2.72. The van der Waals surface area contributed by atoms with Crippen LogP contribution in [0.4, 0.5) is 0 Å². The van der Waals surface area contributed by atoms with Crippen molar-refractivity contribution < 1.29 is 5.11 Å². The molecule has 90 valence electrons. The van der Waals surface area contributed by atoms with Crippen LogP contribution >= 0.6 is 0 Å². The fraction of sp³-hybridized carbons (Fsp3) is 0.867. The van der Waals surface area contributed by atoms with Crippen LogP contribution in [0.25, 0.3) is 0 Å². The van der Waals surface area contributed by atoms with E-state index < -0.39 is 0 Å². The van der Waals surface area contributed by atoms with Gasteiger partial charge in [0.25, 0.3) is 0 Å². The molecule has 3 saturated carbocycles. The van der Waals surface area contributed by atoms with E-state index in [2.05, 4.69) is 27.4 Å². The number of rotatable bonds is 0. The normalized spacial score (nSPS) is 54.1. The maximum atomic E-state index is 10.3. The average Bonchev–Trinajstić information content (AvgIpc) is 2.59. The third-order valence-corrected chi connectivity index (χ3v) is 6.39. The van der Waals surface area contributed by atoms with Gasteiger partial charge in [-0.3, -0.25) is 0 Å². The summed E-state index contributed by atoms with van der Waals surface area (Å²) in [6.45, 7) is 11.4. The van der Waals surface area contributed by atoms with E-state index in [1.54, 1.807) is 0 Å². The summed E-state index contributed by atoms with van der Waals surface area (Å²) in [5.41, 5.74) is 1.92. The first-order valence-corrected chi connectivity index (χ1v) is 6.76. The second kappa shape index (κ2) is 2.93. The molecule has 0 aliphatic heterocycles. The zero-order valence-electron chi connectivity index (χ0n) is 10.8. The lowest BCUT2D eigenvalue weighted by Gasteiger charge is -2.40. The third kappa shape index (κ3) is 1.01. The quantitative estimate of drug-likeness (QED) is 0.620. The molecule has 2 bridgehead atoms. The van der Waals surface area contributed by atoms with Crippen molar-refractivity contribution in [2.75, 3.05) is 0 Å². The number of hydrogen-bond donors (Lipinski definition) is 1. The Labute approximate surface area is 98.9 Å². The van der Waals surface area contributed by atoms with Crippen LogP contribution in [-0.2, 0) is 0 Å². The summed E-state index contributed by atoms with van der Waals surface area (Å²) in [5.74, 6) is 2.17. The van der Waals surface area contributed by atoms with Gasteiger partial charge in [0.05, 0.1) is 6.10 Å². The van der Waals surface area contributed by atoms with Crippen LogP contribution in [0.3, 0.4) is 0 Å². The van der Waals surface area contributed by atoms with Gasteiger partial charge in [0.2, 0.25) is 0 Å². The van der Waals surface area contributed by atoms with Crippen molar-refractivity contribution in [3.05, 3.63) is 12.2 Å². The van der Waals surface area contributed by atoms with E-state index in [1.807, 2.05) is 0 Å². The summed E-state index contributed by atoms with van der Waals surface area (Å²) in [6.07, 6.45) is 4.77. The largest absolute Gasteiger partial charge is 0.389 e. The monoisotopic (exact) mass is 220 g/mol. The standard InChI is InChI=1S/C15H24O/c1-9-5-6-13-14(3,4)11-7-15(9,13)8-12(16)10(11)2/h9,11-13,16H,2,5-8H2,1,3-4H3/t9-,11+,12?,13+,15-/m1/s1. The van der Waals surface area contributed by atoms with E-state index in [0.717, 1.165) is 23.8 Å². The van der Waals surface area contributed by atoms with Gasteiger partial charge in [0.15, 0.2) is 0 Å². The van der Waals surface area contributed by atoms with Gasteiger partial charge in [-0.1, -0.05) is 27.4 Å². The van der Waals surface area contributed by atoms with Gasteiger partial charge in [-0.25, -0.2) is 0 Å². The van der Waals surface area contributed by atoms with Gasteiger partial charge >= 0.3 is 0 Å². The van der Waals surface area contributed by atoms with Crippen molar-refractivity contribution in [1.29, 1.82) is 0 Å². The molecule has 3 fully saturated rings. The Morgan fingerprint density at radius 3 is 2.62 bits per heavy atom. The fourth-order valence-corrected chi connectivity index (χ4v) is 5.44. The van der Waals surface area contributed by atoms with Crippen molar-refractivity contribution in [3.8, 4) is 0 Å². The molecule has 1 unspecified atom stereocenters. The number of fused-ring (bicyclic) bond motifs is 1. The number of hydrogen-bond acceptors (Lipinski definition) is 1. The molecule has 3 aliphatic carbocycles. The Balaban J connectivity index is 2.10. The van der Waals surface area contributed by atoms with E-state index >= 15 is 0 Å². The molecule has 0 aromatic rings. The van der Waals surface area contributed by atoms with Gasteiger partial charge in [-0.15, -0.1) is 0 Å². The second-order valence-corrected chi connectivity index (χ2v) is 7.14. The lowest BCUT2D eigenvalue weighted by molar-refractivity contribution is 0.0530. The molecule has 16 heavy (non-hydrogen) atoms. The predicted molar refractivity (Wildman–Crippen MR) is 66.0 cm³/mol. The summed E-state index contributed by atoms with van der Waals surface area (Å²) < 4.78 is 0. The molecular weight excluding hydrogens is 196 g/mol. The highest BCUT2D eigenvalue weighted by atomic mass is 16.3. The molecule has 0 aromatic heterocycles. The van der Waals surface area contributed by atoms with Crippen molar-refractivity contribution in [2.24, 2.45) is 28.6 Å². The Hall–Kier alpha value is -0.300. The maximum absolute atomic E-state index is 10.3. The molecule has 0 amide bonds. The van der Waals surface area contributed by atoms with Crippen LogP contribution in [0, 0.1) is 28.6 Å². The van der Waals surface area contributed by atoms with Gasteiger partial charge in [0.1, 0.15) is 0 Å². The summed E-state index contributed by atoms with van der Waals surface area (Å²) in [6, 6.07) is 0. The van der Waals surface area contributed by atoms with Crippen LogP contribution in [0.5, 0.6) is 0 Å². The summed E-state index contributed by atoms with van der Waals surface area (Å²) in [7, 11) is 0. The molecule has 1 nitrogen and oxygen atoms in total.